The van der Waals surface area contributed by atoms with E-state index in [0.29, 0.717) is 29.1 Å². The first-order valence-corrected chi connectivity index (χ1v) is 8.69. The molecule has 1 atom stereocenters. The maximum absolute atomic E-state index is 12.9. The fourth-order valence-electron chi connectivity index (χ4n) is 2.79. The predicted molar refractivity (Wildman–Crippen MR) is 94.4 cm³/mol. The smallest absolute Gasteiger partial charge is 0.357 e. The lowest BCUT2D eigenvalue weighted by atomic mass is 10.0. The Kier molecular flexibility index (Phi) is 5.13. The Hall–Kier alpha value is -1.89. The summed E-state index contributed by atoms with van der Waals surface area (Å²) in [6.45, 7) is 4.40. The molecule has 1 unspecified atom stereocenters. The van der Waals surface area contributed by atoms with Crippen LogP contribution in [0.5, 0.6) is 0 Å². The van der Waals surface area contributed by atoms with Crippen molar-refractivity contribution in [2.45, 2.75) is 32.9 Å². The normalized spacial score (nSPS) is 16.4. The van der Waals surface area contributed by atoms with Gasteiger partial charge < -0.3 is 10.1 Å². The molecule has 0 spiro atoms. The topological polar surface area (TPSA) is 73.2 Å². The van der Waals surface area contributed by atoms with E-state index in [4.69, 9.17) is 27.9 Å². The van der Waals surface area contributed by atoms with Crippen LogP contribution in [0.3, 0.4) is 0 Å². The Balaban J connectivity index is 2.09. The minimum absolute atomic E-state index is 0.160. The third kappa shape index (κ3) is 3.42. The van der Waals surface area contributed by atoms with Crippen molar-refractivity contribution in [3.63, 3.8) is 0 Å². The molecule has 1 aromatic carbocycles. The van der Waals surface area contributed by atoms with Gasteiger partial charge in [0.2, 0.25) is 0 Å². The minimum atomic E-state index is -0.569. The van der Waals surface area contributed by atoms with Crippen LogP contribution in [-0.4, -0.2) is 34.3 Å². The standard InChI is InChI=1S/C17H17Cl2N3O3/c1-3-25-17(24)15-11-8-20-9(2)6-14(11)21-22(15)16(23)10-4-5-12(18)13(19)7-10/h4-5,7,9,20H,3,6,8H2,1-2H3. The van der Waals surface area contributed by atoms with Gasteiger partial charge in [0.1, 0.15) is 0 Å². The molecular weight excluding hydrogens is 365 g/mol. The Labute approximate surface area is 155 Å². The van der Waals surface area contributed by atoms with Crippen LogP contribution in [0.15, 0.2) is 18.2 Å². The van der Waals surface area contributed by atoms with Gasteiger partial charge in [-0.25, -0.2) is 4.79 Å². The van der Waals surface area contributed by atoms with Crippen LogP contribution in [0.1, 0.15) is 46.0 Å². The van der Waals surface area contributed by atoms with Gasteiger partial charge in [0.05, 0.1) is 22.3 Å². The summed E-state index contributed by atoms with van der Waals surface area (Å²) in [4.78, 5) is 25.3. The molecule has 8 heteroatoms. The third-order valence-corrected chi connectivity index (χ3v) is 4.76. The average Bonchev–Trinajstić information content (AvgIpc) is 2.95. The number of benzene rings is 1. The number of hydrogen-bond donors (Lipinski definition) is 1. The Morgan fingerprint density at radius 3 is 2.80 bits per heavy atom. The molecule has 25 heavy (non-hydrogen) atoms. The van der Waals surface area contributed by atoms with Crippen molar-refractivity contribution in [2.75, 3.05) is 6.61 Å². The average molecular weight is 382 g/mol. The summed E-state index contributed by atoms with van der Waals surface area (Å²) in [5, 5.41) is 8.27. The van der Waals surface area contributed by atoms with Crippen LogP contribution in [-0.2, 0) is 17.7 Å². The molecule has 6 nitrogen and oxygen atoms in total. The van der Waals surface area contributed by atoms with E-state index >= 15 is 0 Å². The van der Waals surface area contributed by atoms with E-state index < -0.39 is 11.9 Å². The quantitative estimate of drug-likeness (QED) is 0.826. The summed E-state index contributed by atoms with van der Waals surface area (Å²) in [5.74, 6) is -1.02. The Morgan fingerprint density at radius 1 is 1.36 bits per heavy atom. The van der Waals surface area contributed by atoms with Crippen LogP contribution in [0.25, 0.3) is 0 Å². The van der Waals surface area contributed by atoms with E-state index in [1.54, 1.807) is 13.0 Å². The number of halogens is 2. The number of fused-ring (bicyclic) bond motifs is 1. The molecule has 1 aliphatic heterocycles. The van der Waals surface area contributed by atoms with Gasteiger partial charge in [-0.15, -0.1) is 0 Å². The number of nitrogens with zero attached hydrogens (tertiary/aromatic N) is 2. The zero-order chi connectivity index (χ0) is 18.1. The van der Waals surface area contributed by atoms with Crippen LogP contribution in [0, 0.1) is 0 Å². The molecule has 2 heterocycles. The molecule has 1 N–H and O–H groups in total. The fourth-order valence-corrected chi connectivity index (χ4v) is 3.09. The first-order valence-electron chi connectivity index (χ1n) is 7.93. The molecule has 3 rings (SSSR count). The van der Waals surface area contributed by atoms with Crippen molar-refractivity contribution in [2.24, 2.45) is 0 Å². The van der Waals surface area contributed by atoms with E-state index in [9.17, 15) is 9.59 Å². The molecule has 0 saturated carbocycles. The fraction of sp³-hybridized carbons (Fsp3) is 0.353. The summed E-state index contributed by atoms with van der Waals surface area (Å²) < 4.78 is 6.23. The highest BCUT2D eigenvalue weighted by atomic mass is 35.5. The van der Waals surface area contributed by atoms with Crippen LogP contribution in [0.4, 0.5) is 0 Å². The molecule has 0 amide bonds. The molecule has 0 saturated heterocycles. The Bertz CT molecular complexity index is 848. The molecule has 132 valence electrons. The van der Waals surface area contributed by atoms with E-state index in [1.165, 1.54) is 12.1 Å². The number of carbonyl (C=O) groups is 2. The first kappa shape index (κ1) is 17.9. The highest BCUT2D eigenvalue weighted by molar-refractivity contribution is 6.42. The number of aromatic nitrogens is 2. The van der Waals surface area contributed by atoms with Crippen molar-refractivity contribution >= 4 is 35.1 Å². The van der Waals surface area contributed by atoms with Gasteiger partial charge in [-0.1, -0.05) is 23.2 Å². The number of ether oxygens (including phenoxy) is 1. The second-order valence-electron chi connectivity index (χ2n) is 5.83. The summed E-state index contributed by atoms with van der Waals surface area (Å²) in [6, 6.07) is 4.76. The lowest BCUT2D eigenvalue weighted by Gasteiger charge is -2.19. The maximum atomic E-state index is 12.9. The molecule has 1 aliphatic rings. The van der Waals surface area contributed by atoms with E-state index in [-0.39, 0.29) is 23.4 Å². The number of esters is 1. The lowest BCUT2D eigenvalue weighted by Crippen LogP contribution is -2.33. The van der Waals surface area contributed by atoms with E-state index in [2.05, 4.69) is 10.4 Å². The van der Waals surface area contributed by atoms with Gasteiger partial charge >= 0.3 is 5.97 Å². The van der Waals surface area contributed by atoms with Crippen molar-refractivity contribution in [1.29, 1.82) is 0 Å². The van der Waals surface area contributed by atoms with Crippen LogP contribution in [0.2, 0.25) is 10.0 Å². The van der Waals surface area contributed by atoms with Gasteiger partial charge in [0, 0.05) is 30.1 Å². The van der Waals surface area contributed by atoms with Gasteiger partial charge in [0.15, 0.2) is 5.69 Å². The van der Waals surface area contributed by atoms with Gasteiger partial charge in [-0.3, -0.25) is 4.79 Å². The molecular formula is C17H17Cl2N3O3. The molecule has 1 aromatic heterocycles. The summed E-state index contributed by atoms with van der Waals surface area (Å²) >= 11 is 11.9. The summed E-state index contributed by atoms with van der Waals surface area (Å²) in [7, 11) is 0. The highest BCUT2D eigenvalue weighted by Gasteiger charge is 2.31. The van der Waals surface area contributed by atoms with Gasteiger partial charge in [0.25, 0.3) is 5.91 Å². The number of hydrogen-bond acceptors (Lipinski definition) is 5. The van der Waals surface area contributed by atoms with Gasteiger partial charge in [-0.2, -0.15) is 9.78 Å². The Morgan fingerprint density at radius 2 is 2.12 bits per heavy atom. The van der Waals surface area contributed by atoms with Crippen molar-refractivity contribution in [1.82, 2.24) is 15.1 Å². The maximum Gasteiger partial charge on any atom is 0.357 e. The zero-order valence-electron chi connectivity index (χ0n) is 13.8. The molecule has 0 aliphatic carbocycles. The third-order valence-electron chi connectivity index (χ3n) is 4.02. The lowest BCUT2D eigenvalue weighted by molar-refractivity contribution is 0.0505. The number of carbonyl (C=O) groups excluding carboxylic acids is 2. The molecule has 2 aromatic rings. The molecule has 0 fully saturated rings. The van der Waals surface area contributed by atoms with E-state index in [1.807, 2.05) is 6.92 Å². The first-order chi connectivity index (χ1) is 11.9. The second-order valence-corrected chi connectivity index (χ2v) is 6.64. The zero-order valence-corrected chi connectivity index (χ0v) is 15.3. The van der Waals surface area contributed by atoms with Crippen molar-refractivity contribution < 1.29 is 14.3 Å². The second kappa shape index (κ2) is 7.15. The SMILES string of the molecule is CCOC(=O)c1c2c(nn1C(=O)c1ccc(Cl)c(Cl)c1)CC(C)NC2. The summed E-state index contributed by atoms with van der Waals surface area (Å²) in [6.07, 6.45) is 0.628. The molecule has 0 radical (unpaired) electrons. The van der Waals surface area contributed by atoms with Gasteiger partial charge in [-0.05, 0) is 32.0 Å². The summed E-state index contributed by atoms with van der Waals surface area (Å²) in [5.41, 5.74) is 1.88. The van der Waals surface area contributed by atoms with Crippen LogP contribution < -0.4 is 5.32 Å². The van der Waals surface area contributed by atoms with E-state index in [0.717, 1.165) is 10.4 Å². The number of nitrogens with one attached hydrogen (secondary N) is 1. The minimum Gasteiger partial charge on any atom is -0.461 e. The largest absolute Gasteiger partial charge is 0.461 e. The highest BCUT2D eigenvalue weighted by Crippen LogP contribution is 2.25. The number of rotatable bonds is 3. The monoisotopic (exact) mass is 381 g/mol. The van der Waals surface area contributed by atoms with Crippen molar-refractivity contribution in [3.05, 3.63) is 50.8 Å². The predicted octanol–water partition coefficient (Wildman–Crippen LogP) is 3.09. The van der Waals surface area contributed by atoms with Crippen LogP contribution >= 0.6 is 23.2 Å². The van der Waals surface area contributed by atoms with Crippen molar-refractivity contribution in [3.8, 4) is 0 Å². The molecule has 0 bridgehead atoms.